The molecule has 0 unspecified atom stereocenters. The lowest BCUT2D eigenvalue weighted by Gasteiger charge is -2.55. The first kappa shape index (κ1) is 34.2. The molecule has 5 aliphatic rings. The molecule has 1 saturated heterocycles. The van der Waals surface area contributed by atoms with Crippen LogP contribution in [0.5, 0.6) is 5.75 Å². The third-order valence-electron chi connectivity index (χ3n) is 11.1. The van der Waals surface area contributed by atoms with Crippen LogP contribution in [0.15, 0.2) is 48.0 Å². The van der Waals surface area contributed by atoms with E-state index >= 15 is 0 Å². The minimum atomic E-state index is -0.602. The minimum absolute atomic E-state index is 0.0325. The number of carbonyl (C=O) groups is 2. The molecule has 2 spiro atoms. The molecular weight excluding hydrogens is 640 g/mol. The smallest absolute Gasteiger partial charge is 0.410 e. The van der Waals surface area contributed by atoms with Gasteiger partial charge in [-0.1, -0.05) is 23.7 Å². The quantitative estimate of drug-likeness (QED) is 0.254. The monoisotopic (exact) mass is 690 g/mol. The SMILES string of the molecule is CC(C)(C)OC(=O)c1ccc2c(c1)N(C[C@@H]1CC[C@H]1[C@@H](O)C1=CC3(C1)CN(C(=O)OC(C)(C)C)C3)C[C@@]1(CCCc3cc(Cl)ccc31)CO2. The van der Waals surface area contributed by atoms with Crippen LogP contribution >= 0.6 is 11.6 Å². The molecule has 2 aliphatic heterocycles. The summed E-state index contributed by atoms with van der Waals surface area (Å²) in [5.74, 6) is 0.856. The Labute approximate surface area is 295 Å². The van der Waals surface area contributed by atoms with Crippen LogP contribution in [-0.2, 0) is 21.3 Å². The molecule has 1 saturated carbocycles. The Morgan fingerprint density at radius 1 is 1.02 bits per heavy atom. The topological polar surface area (TPSA) is 88.5 Å². The number of aryl methyl sites for hydroxylation is 1. The predicted octanol–water partition coefficient (Wildman–Crippen LogP) is 7.72. The molecule has 2 aromatic rings. The van der Waals surface area contributed by atoms with Crippen molar-refractivity contribution in [3.8, 4) is 5.75 Å². The van der Waals surface area contributed by atoms with Crippen molar-refractivity contribution in [2.24, 2.45) is 17.3 Å². The summed E-state index contributed by atoms with van der Waals surface area (Å²) in [7, 11) is 0. The minimum Gasteiger partial charge on any atom is -0.490 e. The van der Waals surface area contributed by atoms with Crippen LogP contribution in [0.1, 0.15) is 95.1 Å². The highest BCUT2D eigenvalue weighted by Gasteiger charge is 2.53. The highest BCUT2D eigenvalue weighted by molar-refractivity contribution is 6.30. The van der Waals surface area contributed by atoms with Gasteiger partial charge in [0.2, 0.25) is 0 Å². The van der Waals surface area contributed by atoms with Gasteiger partial charge in [0, 0.05) is 42.0 Å². The number of anilines is 1. The number of rotatable bonds is 5. The zero-order valence-corrected chi connectivity index (χ0v) is 30.6. The summed E-state index contributed by atoms with van der Waals surface area (Å²) in [6, 6.07) is 11.9. The average molecular weight is 691 g/mol. The van der Waals surface area contributed by atoms with Gasteiger partial charge in [-0.25, -0.2) is 9.59 Å². The van der Waals surface area contributed by atoms with Crippen molar-refractivity contribution in [2.75, 3.05) is 37.7 Å². The molecule has 1 N–H and O–H groups in total. The summed E-state index contributed by atoms with van der Waals surface area (Å²) < 4.78 is 17.9. The van der Waals surface area contributed by atoms with E-state index in [-0.39, 0.29) is 34.7 Å². The molecule has 7 rings (SSSR count). The fourth-order valence-electron chi connectivity index (χ4n) is 8.71. The molecule has 2 heterocycles. The molecule has 0 bridgehead atoms. The van der Waals surface area contributed by atoms with Gasteiger partial charge in [-0.2, -0.15) is 0 Å². The van der Waals surface area contributed by atoms with Gasteiger partial charge in [0.25, 0.3) is 0 Å². The van der Waals surface area contributed by atoms with Crippen LogP contribution in [0.2, 0.25) is 5.02 Å². The Morgan fingerprint density at radius 2 is 1.76 bits per heavy atom. The number of amides is 1. The first-order valence-electron chi connectivity index (χ1n) is 17.9. The van der Waals surface area contributed by atoms with Crippen molar-refractivity contribution in [2.45, 2.75) is 103 Å². The molecule has 8 nitrogen and oxygen atoms in total. The average Bonchev–Trinajstić information content (AvgIpc) is 3.09. The first-order chi connectivity index (χ1) is 23.0. The van der Waals surface area contributed by atoms with Crippen molar-refractivity contribution < 1.29 is 28.9 Å². The number of nitrogens with zero attached hydrogens (tertiary/aromatic N) is 2. The number of aliphatic hydroxyl groups is 1. The summed E-state index contributed by atoms with van der Waals surface area (Å²) in [6.45, 7) is 14.6. The molecule has 1 amide bonds. The Bertz CT molecular complexity index is 1670. The van der Waals surface area contributed by atoms with Crippen molar-refractivity contribution in [1.82, 2.24) is 4.90 Å². The molecule has 264 valence electrons. The van der Waals surface area contributed by atoms with Crippen LogP contribution < -0.4 is 9.64 Å². The fraction of sp³-hybridized carbons (Fsp3) is 0.600. The molecule has 4 atom stereocenters. The lowest BCUT2D eigenvalue weighted by molar-refractivity contribution is -0.0330. The second-order valence-electron chi connectivity index (χ2n) is 17.3. The van der Waals surface area contributed by atoms with E-state index in [1.165, 1.54) is 11.1 Å². The number of hydrogen-bond acceptors (Lipinski definition) is 7. The second kappa shape index (κ2) is 12.2. The number of aliphatic hydroxyl groups excluding tert-OH is 1. The van der Waals surface area contributed by atoms with Gasteiger partial charge in [0.1, 0.15) is 17.0 Å². The standard InChI is InChI=1S/C40H51ClN2O6/c1-37(2,3)48-35(45)26-10-14-33-32(17-26)42(23-40(24-47-33)15-7-8-25-16-29(41)11-13-31(25)40)20-27-9-12-30(27)34(44)28-18-39(19-28)21-43(22-39)36(46)49-38(4,5)6/h10-11,13-14,16-18,27,30,34,44H,7-9,12,15,19-24H2,1-6H3/t27-,30+,34-,40-/m0/s1. The molecule has 49 heavy (non-hydrogen) atoms. The van der Waals surface area contributed by atoms with Crippen molar-refractivity contribution in [3.05, 3.63) is 69.8 Å². The molecule has 2 aromatic carbocycles. The fourth-order valence-corrected chi connectivity index (χ4v) is 8.90. The number of fused-ring (bicyclic) bond motifs is 3. The van der Waals surface area contributed by atoms with Crippen molar-refractivity contribution in [1.29, 1.82) is 0 Å². The first-order valence-corrected chi connectivity index (χ1v) is 18.3. The summed E-state index contributed by atoms with van der Waals surface area (Å²) in [6.07, 6.45) is 7.32. The third kappa shape index (κ3) is 6.80. The number of halogens is 1. The number of ether oxygens (including phenoxy) is 3. The van der Waals surface area contributed by atoms with Gasteiger partial charge in [0.15, 0.2) is 0 Å². The van der Waals surface area contributed by atoms with E-state index in [0.29, 0.717) is 25.3 Å². The zero-order chi connectivity index (χ0) is 34.9. The van der Waals surface area contributed by atoms with E-state index in [4.69, 9.17) is 25.8 Å². The van der Waals surface area contributed by atoms with Gasteiger partial charge >= 0.3 is 12.1 Å². The Morgan fingerprint density at radius 3 is 2.43 bits per heavy atom. The van der Waals surface area contributed by atoms with E-state index in [2.05, 4.69) is 23.1 Å². The molecule has 0 radical (unpaired) electrons. The van der Waals surface area contributed by atoms with Crippen LogP contribution in [0.3, 0.4) is 0 Å². The van der Waals surface area contributed by atoms with Crippen molar-refractivity contribution >= 4 is 29.4 Å². The molecular formula is C40H51ClN2O6. The highest BCUT2D eigenvalue weighted by atomic mass is 35.5. The zero-order valence-electron chi connectivity index (χ0n) is 29.8. The predicted molar refractivity (Wildman–Crippen MR) is 191 cm³/mol. The highest BCUT2D eigenvalue weighted by Crippen LogP contribution is 2.52. The van der Waals surface area contributed by atoms with Gasteiger partial charge < -0.3 is 29.1 Å². The van der Waals surface area contributed by atoms with E-state index < -0.39 is 17.3 Å². The van der Waals surface area contributed by atoms with E-state index in [1.807, 2.05) is 59.7 Å². The maximum absolute atomic E-state index is 13.2. The normalized spacial score (nSPS) is 26.2. The number of carbonyl (C=O) groups excluding carboxylic acids is 2. The number of esters is 1. The lowest BCUT2D eigenvalue weighted by atomic mass is 9.60. The molecule has 9 heteroatoms. The van der Waals surface area contributed by atoms with Gasteiger partial charge in [0.05, 0.1) is 24.0 Å². The maximum Gasteiger partial charge on any atom is 0.410 e. The molecule has 0 aromatic heterocycles. The van der Waals surface area contributed by atoms with Gasteiger partial charge in [-0.3, -0.25) is 0 Å². The Hall–Kier alpha value is -3.23. The third-order valence-corrected chi connectivity index (χ3v) is 11.3. The Balaban J connectivity index is 1.11. The largest absolute Gasteiger partial charge is 0.490 e. The van der Waals surface area contributed by atoms with Crippen LogP contribution in [0.25, 0.3) is 0 Å². The van der Waals surface area contributed by atoms with Crippen molar-refractivity contribution in [3.63, 3.8) is 0 Å². The van der Waals surface area contributed by atoms with Crippen LogP contribution in [0.4, 0.5) is 10.5 Å². The van der Waals surface area contributed by atoms with E-state index in [0.717, 1.165) is 73.6 Å². The number of benzene rings is 2. The Kier molecular flexibility index (Phi) is 8.54. The summed E-state index contributed by atoms with van der Waals surface area (Å²) in [5, 5.41) is 12.4. The van der Waals surface area contributed by atoms with Crippen LogP contribution in [-0.4, -0.2) is 72.2 Å². The molecule has 2 fully saturated rings. The lowest BCUT2D eigenvalue weighted by Crippen LogP contribution is -2.62. The number of hydrogen-bond donors (Lipinski definition) is 1. The maximum atomic E-state index is 13.2. The van der Waals surface area contributed by atoms with Gasteiger partial charge in [-0.05, 0) is 139 Å². The summed E-state index contributed by atoms with van der Waals surface area (Å²) in [5.41, 5.74) is 3.71. The summed E-state index contributed by atoms with van der Waals surface area (Å²) >= 11 is 6.45. The second-order valence-corrected chi connectivity index (χ2v) is 17.8. The van der Waals surface area contributed by atoms with Gasteiger partial charge in [-0.15, -0.1) is 0 Å². The summed E-state index contributed by atoms with van der Waals surface area (Å²) in [4.78, 5) is 29.9. The molecule has 3 aliphatic carbocycles. The van der Waals surface area contributed by atoms with Crippen LogP contribution in [0, 0.1) is 17.3 Å². The number of likely N-dealkylation sites (tertiary alicyclic amines) is 1. The van der Waals surface area contributed by atoms with E-state index in [9.17, 15) is 14.7 Å². The van der Waals surface area contributed by atoms with E-state index in [1.54, 1.807) is 11.0 Å².